The summed E-state index contributed by atoms with van der Waals surface area (Å²) in [6.07, 6.45) is 9.71. The average Bonchev–Trinajstić information content (AvgIpc) is 2.94. The fourth-order valence-electron chi connectivity index (χ4n) is 3.55. The molecule has 21 heavy (non-hydrogen) atoms. The monoisotopic (exact) mass is 317 g/mol. The fourth-order valence-corrected chi connectivity index (χ4v) is 4.01. The lowest BCUT2D eigenvalue weighted by molar-refractivity contribution is -0.131. The highest BCUT2D eigenvalue weighted by Crippen LogP contribution is 2.31. The molecule has 1 heterocycles. The van der Waals surface area contributed by atoms with E-state index in [2.05, 4.69) is 9.44 Å². The van der Waals surface area contributed by atoms with Crippen LogP contribution >= 0.6 is 0 Å². The van der Waals surface area contributed by atoms with Crippen LogP contribution in [0, 0.1) is 5.92 Å². The van der Waals surface area contributed by atoms with Crippen LogP contribution in [0.4, 0.5) is 0 Å². The zero-order valence-electron chi connectivity index (χ0n) is 12.8. The third-order valence-corrected chi connectivity index (χ3v) is 5.77. The Morgan fingerprint density at radius 1 is 1.14 bits per heavy atom. The second kappa shape index (κ2) is 7.56. The van der Waals surface area contributed by atoms with Crippen molar-refractivity contribution in [1.82, 2.24) is 14.3 Å². The van der Waals surface area contributed by atoms with E-state index >= 15 is 0 Å². The van der Waals surface area contributed by atoms with Gasteiger partial charge in [-0.25, -0.2) is 4.72 Å². The number of carbonyl (C=O) groups is 1. The molecule has 2 fully saturated rings. The van der Waals surface area contributed by atoms with Crippen LogP contribution in [0.3, 0.4) is 0 Å². The van der Waals surface area contributed by atoms with Gasteiger partial charge in [-0.15, -0.1) is 0 Å². The van der Waals surface area contributed by atoms with Crippen molar-refractivity contribution >= 4 is 16.1 Å². The summed E-state index contributed by atoms with van der Waals surface area (Å²) in [6.45, 7) is 0.613. The molecule has 1 saturated heterocycles. The lowest BCUT2D eigenvalue weighted by Gasteiger charge is -2.30. The number of likely N-dealkylation sites (tertiary alicyclic amines) is 1. The van der Waals surface area contributed by atoms with Crippen molar-refractivity contribution in [2.24, 2.45) is 5.92 Å². The molecule has 122 valence electrons. The van der Waals surface area contributed by atoms with E-state index in [1.165, 1.54) is 39.2 Å². The van der Waals surface area contributed by atoms with Crippen molar-refractivity contribution in [3.05, 3.63) is 0 Å². The van der Waals surface area contributed by atoms with Crippen LogP contribution in [-0.2, 0) is 15.0 Å². The molecule has 0 bridgehead atoms. The molecule has 1 aliphatic carbocycles. The molecule has 2 rings (SSSR count). The minimum atomic E-state index is -3.54. The normalized spacial score (nSPS) is 24.4. The summed E-state index contributed by atoms with van der Waals surface area (Å²) >= 11 is 0. The molecule has 0 aromatic heterocycles. The van der Waals surface area contributed by atoms with Gasteiger partial charge in [0.15, 0.2) is 0 Å². The predicted octanol–water partition coefficient (Wildman–Crippen LogP) is 1.00. The van der Waals surface area contributed by atoms with Crippen LogP contribution in [0.5, 0.6) is 0 Å². The van der Waals surface area contributed by atoms with Crippen LogP contribution in [-0.4, -0.2) is 45.4 Å². The van der Waals surface area contributed by atoms with Crippen molar-refractivity contribution < 1.29 is 13.2 Å². The SMILES string of the molecule is CNS(=O)(=O)NCC(=O)N1CCC[C@@H]1CC1CCCCC1. The summed E-state index contributed by atoms with van der Waals surface area (Å²) in [6, 6.07) is 0.305. The van der Waals surface area contributed by atoms with Gasteiger partial charge in [-0.2, -0.15) is 13.1 Å². The zero-order valence-corrected chi connectivity index (χ0v) is 13.6. The first kappa shape index (κ1) is 16.7. The maximum absolute atomic E-state index is 12.2. The number of rotatable bonds is 6. The Bertz CT molecular complexity index is 446. The summed E-state index contributed by atoms with van der Waals surface area (Å²) < 4.78 is 27.1. The van der Waals surface area contributed by atoms with Crippen LogP contribution in [0.1, 0.15) is 51.4 Å². The topological polar surface area (TPSA) is 78.5 Å². The summed E-state index contributed by atoms with van der Waals surface area (Å²) in [5, 5.41) is 0. The highest BCUT2D eigenvalue weighted by atomic mass is 32.2. The van der Waals surface area contributed by atoms with E-state index in [9.17, 15) is 13.2 Å². The molecule has 0 unspecified atom stereocenters. The fraction of sp³-hybridized carbons (Fsp3) is 0.929. The van der Waals surface area contributed by atoms with Gasteiger partial charge in [-0.3, -0.25) is 4.79 Å². The van der Waals surface area contributed by atoms with Crippen molar-refractivity contribution in [2.45, 2.75) is 57.4 Å². The highest BCUT2D eigenvalue weighted by Gasteiger charge is 2.31. The van der Waals surface area contributed by atoms with Crippen LogP contribution < -0.4 is 9.44 Å². The maximum atomic E-state index is 12.2. The summed E-state index contributed by atoms with van der Waals surface area (Å²) in [4.78, 5) is 14.1. The van der Waals surface area contributed by atoms with Gasteiger partial charge in [-0.05, 0) is 25.2 Å². The van der Waals surface area contributed by atoms with Gasteiger partial charge < -0.3 is 4.90 Å². The molecule has 1 atom stereocenters. The van der Waals surface area contributed by atoms with Gasteiger partial charge in [0.25, 0.3) is 10.2 Å². The summed E-state index contributed by atoms with van der Waals surface area (Å²) in [5.74, 6) is 0.637. The van der Waals surface area contributed by atoms with Crippen molar-refractivity contribution in [1.29, 1.82) is 0 Å². The Morgan fingerprint density at radius 2 is 1.86 bits per heavy atom. The lowest BCUT2D eigenvalue weighted by Crippen LogP contribution is -2.45. The molecule has 0 spiro atoms. The molecule has 1 aliphatic heterocycles. The minimum absolute atomic E-state index is 0.105. The molecular weight excluding hydrogens is 290 g/mol. The standard InChI is InChI=1S/C14H27N3O3S/c1-15-21(19,20)16-11-14(18)17-9-5-8-13(17)10-12-6-3-2-4-7-12/h12-13,15-16H,2-11H2,1H3/t13-/m1/s1. The zero-order chi connectivity index (χ0) is 15.3. The minimum Gasteiger partial charge on any atom is -0.339 e. The highest BCUT2D eigenvalue weighted by molar-refractivity contribution is 7.87. The lowest BCUT2D eigenvalue weighted by atomic mass is 9.84. The molecule has 0 aromatic rings. The Kier molecular flexibility index (Phi) is 6.01. The number of hydrogen-bond acceptors (Lipinski definition) is 3. The number of amides is 1. The smallest absolute Gasteiger partial charge is 0.277 e. The first-order valence-electron chi connectivity index (χ1n) is 7.99. The van der Waals surface area contributed by atoms with Crippen molar-refractivity contribution in [2.75, 3.05) is 20.1 Å². The number of carbonyl (C=O) groups excluding carboxylic acids is 1. The van der Waals surface area contributed by atoms with E-state index < -0.39 is 10.2 Å². The molecule has 6 nitrogen and oxygen atoms in total. The van der Waals surface area contributed by atoms with E-state index in [1.54, 1.807) is 0 Å². The average molecular weight is 317 g/mol. The molecule has 1 saturated carbocycles. The van der Waals surface area contributed by atoms with E-state index in [1.807, 2.05) is 4.90 Å². The van der Waals surface area contributed by atoms with E-state index in [0.29, 0.717) is 6.04 Å². The molecule has 0 radical (unpaired) electrons. The Morgan fingerprint density at radius 3 is 2.52 bits per heavy atom. The third-order valence-electron chi connectivity index (χ3n) is 4.71. The first-order valence-corrected chi connectivity index (χ1v) is 9.48. The molecule has 2 aliphatic rings. The van der Waals surface area contributed by atoms with Crippen LogP contribution in [0.15, 0.2) is 0 Å². The molecule has 0 aromatic carbocycles. The van der Waals surface area contributed by atoms with Gasteiger partial charge in [0.2, 0.25) is 5.91 Å². The molecule has 2 N–H and O–H groups in total. The van der Waals surface area contributed by atoms with E-state index in [-0.39, 0.29) is 12.5 Å². The van der Waals surface area contributed by atoms with Gasteiger partial charge in [0, 0.05) is 19.6 Å². The number of nitrogens with zero attached hydrogens (tertiary/aromatic N) is 1. The largest absolute Gasteiger partial charge is 0.339 e. The second-order valence-electron chi connectivity index (χ2n) is 6.15. The van der Waals surface area contributed by atoms with Gasteiger partial charge in [0.1, 0.15) is 0 Å². The van der Waals surface area contributed by atoms with Crippen molar-refractivity contribution in [3.63, 3.8) is 0 Å². The maximum Gasteiger partial charge on any atom is 0.277 e. The second-order valence-corrected chi connectivity index (χ2v) is 7.86. The van der Waals surface area contributed by atoms with E-state index in [4.69, 9.17) is 0 Å². The quantitative estimate of drug-likeness (QED) is 0.767. The Labute approximate surface area is 127 Å². The Balaban J connectivity index is 1.84. The number of nitrogens with one attached hydrogen (secondary N) is 2. The van der Waals surface area contributed by atoms with Crippen molar-refractivity contribution in [3.8, 4) is 0 Å². The van der Waals surface area contributed by atoms with Crippen LogP contribution in [0.2, 0.25) is 0 Å². The summed E-state index contributed by atoms with van der Waals surface area (Å²) in [7, 11) is -2.21. The summed E-state index contributed by atoms with van der Waals surface area (Å²) in [5.41, 5.74) is 0. The number of hydrogen-bond donors (Lipinski definition) is 2. The van der Waals surface area contributed by atoms with Gasteiger partial charge >= 0.3 is 0 Å². The van der Waals surface area contributed by atoms with Gasteiger partial charge in [-0.1, -0.05) is 32.1 Å². The molecule has 7 heteroatoms. The molecule has 1 amide bonds. The van der Waals surface area contributed by atoms with E-state index in [0.717, 1.165) is 31.7 Å². The third kappa shape index (κ3) is 4.93. The first-order chi connectivity index (χ1) is 10.0. The van der Waals surface area contributed by atoms with Crippen LogP contribution in [0.25, 0.3) is 0 Å². The Hall–Kier alpha value is -0.660. The van der Waals surface area contributed by atoms with Gasteiger partial charge in [0.05, 0.1) is 6.54 Å². The predicted molar refractivity (Wildman–Crippen MR) is 81.9 cm³/mol. The molecular formula is C14H27N3O3S.